The van der Waals surface area contributed by atoms with Crippen LogP contribution in [0.3, 0.4) is 0 Å². The van der Waals surface area contributed by atoms with E-state index in [1.54, 1.807) is 0 Å². The summed E-state index contributed by atoms with van der Waals surface area (Å²) in [4.78, 5) is 9.25. The molecular weight excluding hydrogens is 350 g/mol. The molecule has 3 rings (SSSR count). The van der Waals surface area contributed by atoms with Crippen molar-refractivity contribution in [2.24, 2.45) is 0 Å². The average Bonchev–Trinajstić information content (AvgIpc) is 3.07. The molecule has 0 saturated carbocycles. The summed E-state index contributed by atoms with van der Waals surface area (Å²) in [5.41, 5.74) is 0.00555. The van der Waals surface area contributed by atoms with Gasteiger partial charge in [-0.15, -0.1) is 0 Å². The Morgan fingerprint density at radius 3 is 2.46 bits per heavy atom. The normalized spacial score (nSPS) is 16.8. The molecule has 0 bridgehead atoms. The number of oxazole rings is 1. The molecule has 0 unspecified atom stereocenters. The van der Waals surface area contributed by atoms with Crippen LogP contribution in [-0.4, -0.2) is 54.1 Å². The zero-order valence-electron chi connectivity index (χ0n) is 15.9. The first-order valence-electron chi connectivity index (χ1n) is 9.19. The molecule has 0 spiro atoms. The summed E-state index contributed by atoms with van der Waals surface area (Å²) in [7, 11) is 0. The highest BCUT2D eigenvalue weighted by atomic mass is 35.5. The van der Waals surface area contributed by atoms with Crippen LogP contribution in [0.25, 0.3) is 0 Å². The van der Waals surface area contributed by atoms with Crippen molar-refractivity contribution in [2.45, 2.75) is 32.7 Å². The average molecular weight is 378 g/mol. The molecule has 0 radical (unpaired) electrons. The Morgan fingerprint density at radius 2 is 1.81 bits per heavy atom. The van der Waals surface area contributed by atoms with E-state index in [0.717, 1.165) is 56.7 Å². The van der Waals surface area contributed by atoms with Gasteiger partial charge in [-0.1, -0.05) is 44.5 Å². The van der Waals surface area contributed by atoms with Gasteiger partial charge >= 0.3 is 0 Å². The first-order valence-corrected chi connectivity index (χ1v) is 9.57. The summed E-state index contributed by atoms with van der Waals surface area (Å²) >= 11 is 6.11. The van der Waals surface area contributed by atoms with Gasteiger partial charge in [0.1, 0.15) is 18.1 Å². The fraction of sp³-hybridized carbons (Fsp3) is 0.550. The molecule has 1 aliphatic heterocycles. The molecule has 1 aromatic carbocycles. The number of hydrogen-bond donors (Lipinski definition) is 0. The number of aromatic nitrogens is 1. The first kappa shape index (κ1) is 19.2. The second-order valence-electron chi connectivity index (χ2n) is 7.76. The van der Waals surface area contributed by atoms with Gasteiger partial charge in [0.2, 0.25) is 5.89 Å². The van der Waals surface area contributed by atoms with Gasteiger partial charge in [0.05, 0.1) is 17.8 Å². The van der Waals surface area contributed by atoms with Crippen molar-refractivity contribution in [1.29, 1.82) is 0 Å². The molecule has 0 aliphatic carbocycles. The zero-order valence-corrected chi connectivity index (χ0v) is 16.6. The number of hydrogen-bond acceptors (Lipinski definition) is 5. The van der Waals surface area contributed by atoms with Crippen molar-refractivity contribution in [2.75, 3.05) is 39.3 Å². The Bertz CT molecular complexity index is 703. The van der Waals surface area contributed by atoms with E-state index in [1.807, 2.05) is 30.5 Å². The van der Waals surface area contributed by atoms with Crippen LogP contribution in [0.15, 0.2) is 34.9 Å². The number of piperazine rings is 1. The van der Waals surface area contributed by atoms with Crippen LogP contribution >= 0.6 is 11.6 Å². The maximum absolute atomic E-state index is 6.11. The van der Waals surface area contributed by atoms with E-state index in [4.69, 9.17) is 20.8 Å². The summed E-state index contributed by atoms with van der Waals surface area (Å²) in [5, 5.41) is 0.665. The molecule has 2 aromatic rings. The van der Waals surface area contributed by atoms with Gasteiger partial charge in [0.25, 0.3) is 0 Å². The number of para-hydroxylation sites is 1. The topological polar surface area (TPSA) is 41.7 Å². The summed E-state index contributed by atoms with van der Waals surface area (Å²) in [6, 6.07) is 7.60. The molecule has 6 heteroatoms. The monoisotopic (exact) mass is 377 g/mol. The lowest BCUT2D eigenvalue weighted by Crippen LogP contribution is -2.47. The SMILES string of the molecule is CC(C)(C)c1cnc(CN2CCN(CCOc3ccccc3Cl)CC2)o1. The Hall–Kier alpha value is -1.56. The van der Waals surface area contributed by atoms with E-state index in [9.17, 15) is 0 Å². The second kappa shape index (κ2) is 8.42. The van der Waals surface area contributed by atoms with Crippen LogP contribution < -0.4 is 4.74 Å². The molecule has 0 N–H and O–H groups in total. The summed E-state index contributed by atoms with van der Waals surface area (Å²) < 4.78 is 11.7. The number of rotatable bonds is 6. The molecule has 26 heavy (non-hydrogen) atoms. The standard InChI is InChI=1S/C20H28ClN3O2/c1-20(2,3)18-14-22-19(26-18)15-24-10-8-23(9-11-24)12-13-25-17-7-5-4-6-16(17)21/h4-7,14H,8-13,15H2,1-3H3. The fourth-order valence-electron chi connectivity index (χ4n) is 2.94. The lowest BCUT2D eigenvalue weighted by molar-refractivity contribution is 0.105. The van der Waals surface area contributed by atoms with Crippen LogP contribution in [0, 0.1) is 0 Å². The van der Waals surface area contributed by atoms with E-state index in [-0.39, 0.29) is 5.41 Å². The Kier molecular flexibility index (Phi) is 6.22. The van der Waals surface area contributed by atoms with Gasteiger partial charge in [-0.3, -0.25) is 9.80 Å². The fourth-order valence-corrected chi connectivity index (χ4v) is 3.13. The third-order valence-electron chi connectivity index (χ3n) is 4.62. The first-order chi connectivity index (χ1) is 12.4. The minimum Gasteiger partial charge on any atom is -0.491 e. The molecule has 5 nitrogen and oxygen atoms in total. The van der Waals surface area contributed by atoms with Gasteiger partial charge in [0.15, 0.2) is 0 Å². The van der Waals surface area contributed by atoms with E-state index < -0.39 is 0 Å². The molecule has 2 heterocycles. The highest BCUT2D eigenvalue weighted by Gasteiger charge is 2.22. The number of benzene rings is 1. The van der Waals surface area contributed by atoms with Crippen LogP contribution in [0.1, 0.15) is 32.4 Å². The van der Waals surface area contributed by atoms with Gasteiger partial charge in [-0.05, 0) is 12.1 Å². The van der Waals surface area contributed by atoms with Crippen molar-refractivity contribution >= 4 is 11.6 Å². The number of halogens is 1. The second-order valence-corrected chi connectivity index (χ2v) is 8.17. The van der Waals surface area contributed by atoms with Gasteiger partial charge in [-0.2, -0.15) is 0 Å². The third kappa shape index (κ3) is 5.22. The Labute approximate surface area is 160 Å². The largest absolute Gasteiger partial charge is 0.491 e. The van der Waals surface area contributed by atoms with Gasteiger partial charge in [0, 0.05) is 38.1 Å². The highest BCUT2D eigenvalue weighted by molar-refractivity contribution is 6.32. The number of nitrogens with zero attached hydrogens (tertiary/aromatic N) is 3. The molecule has 1 aliphatic rings. The van der Waals surface area contributed by atoms with Crippen LogP contribution in [0.4, 0.5) is 0 Å². The highest BCUT2D eigenvalue weighted by Crippen LogP contribution is 2.24. The van der Waals surface area contributed by atoms with E-state index in [0.29, 0.717) is 11.6 Å². The summed E-state index contributed by atoms with van der Waals surface area (Å²) in [6.45, 7) is 12.8. The molecular formula is C20H28ClN3O2. The maximum atomic E-state index is 6.11. The van der Waals surface area contributed by atoms with Crippen molar-refractivity contribution < 1.29 is 9.15 Å². The van der Waals surface area contributed by atoms with Crippen LogP contribution in [0.2, 0.25) is 5.02 Å². The van der Waals surface area contributed by atoms with E-state index >= 15 is 0 Å². The lowest BCUT2D eigenvalue weighted by atomic mass is 9.94. The van der Waals surface area contributed by atoms with Crippen LogP contribution in [-0.2, 0) is 12.0 Å². The zero-order chi connectivity index (χ0) is 18.6. The minimum absolute atomic E-state index is 0.00555. The summed E-state index contributed by atoms with van der Waals surface area (Å²) in [6.07, 6.45) is 1.86. The maximum Gasteiger partial charge on any atom is 0.208 e. The third-order valence-corrected chi connectivity index (χ3v) is 4.93. The molecule has 1 saturated heterocycles. The molecule has 1 aromatic heterocycles. The number of ether oxygens (including phenoxy) is 1. The Balaban J connectivity index is 1.39. The molecule has 1 fully saturated rings. The van der Waals surface area contributed by atoms with E-state index in [2.05, 4.69) is 35.6 Å². The quantitative estimate of drug-likeness (QED) is 0.765. The van der Waals surface area contributed by atoms with Gasteiger partial charge < -0.3 is 9.15 Å². The van der Waals surface area contributed by atoms with Crippen molar-refractivity contribution in [3.63, 3.8) is 0 Å². The van der Waals surface area contributed by atoms with Gasteiger partial charge in [-0.25, -0.2) is 4.98 Å². The molecule has 0 atom stereocenters. The van der Waals surface area contributed by atoms with Crippen molar-refractivity contribution in [3.8, 4) is 5.75 Å². The molecule has 142 valence electrons. The smallest absolute Gasteiger partial charge is 0.208 e. The predicted molar refractivity (Wildman–Crippen MR) is 104 cm³/mol. The predicted octanol–water partition coefficient (Wildman–Crippen LogP) is 3.82. The van der Waals surface area contributed by atoms with E-state index in [1.165, 1.54) is 0 Å². The van der Waals surface area contributed by atoms with Crippen molar-refractivity contribution in [3.05, 3.63) is 47.1 Å². The summed E-state index contributed by atoms with van der Waals surface area (Å²) in [5.74, 6) is 2.51. The lowest BCUT2D eigenvalue weighted by Gasteiger charge is -2.33. The Morgan fingerprint density at radius 1 is 1.12 bits per heavy atom. The molecule has 0 amide bonds. The van der Waals surface area contributed by atoms with Crippen molar-refractivity contribution in [1.82, 2.24) is 14.8 Å². The van der Waals surface area contributed by atoms with Crippen LogP contribution in [0.5, 0.6) is 5.75 Å². The minimum atomic E-state index is 0.00555.